The van der Waals surface area contributed by atoms with Gasteiger partial charge in [-0.3, -0.25) is 9.10 Å². The lowest BCUT2D eigenvalue weighted by Crippen LogP contribution is -2.48. The van der Waals surface area contributed by atoms with Gasteiger partial charge in [0, 0.05) is 30.2 Å². The minimum absolute atomic E-state index is 0.0593. The van der Waals surface area contributed by atoms with Crippen LogP contribution in [0.2, 0.25) is 10.0 Å². The molecule has 0 spiro atoms. The Kier molecular flexibility index (Phi) is 8.02. The Morgan fingerprint density at radius 2 is 1.57 bits per heavy atom. The Bertz CT molecular complexity index is 1270. The van der Waals surface area contributed by atoms with Gasteiger partial charge in [-0.25, -0.2) is 8.42 Å². The normalized spacial score (nSPS) is 15.4. The molecular formula is C26H26Cl2N2O4S. The van der Waals surface area contributed by atoms with Crippen molar-refractivity contribution in [3.63, 3.8) is 0 Å². The predicted molar refractivity (Wildman–Crippen MR) is 139 cm³/mol. The zero-order chi connectivity index (χ0) is 24.9. The maximum Gasteiger partial charge on any atom is 0.264 e. The van der Waals surface area contributed by atoms with Crippen LogP contribution < -0.4 is 9.62 Å². The third-order valence-electron chi connectivity index (χ3n) is 6.26. The van der Waals surface area contributed by atoms with Crippen molar-refractivity contribution in [1.29, 1.82) is 0 Å². The highest BCUT2D eigenvalue weighted by Gasteiger charge is 2.35. The van der Waals surface area contributed by atoms with Gasteiger partial charge in [0.2, 0.25) is 5.91 Å². The van der Waals surface area contributed by atoms with Crippen LogP contribution in [0.4, 0.5) is 5.69 Å². The number of benzene rings is 3. The number of amides is 1. The summed E-state index contributed by atoms with van der Waals surface area (Å²) in [6.45, 7) is 1.13. The second-order valence-electron chi connectivity index (χ2n) is 8.46. The lowest BCUT2D eigenvalue weighted by molar-refractivity contribution is -0.120. The summed E-state index contributed by atoms with van der Waals surface area (Å²) < 4.78 is 33.7. The van der Waals surface area contributed by atoms with Crippen LogP contribution in [0, 0.1) is 0 Å². The Morgan fingerprint density at radius 1 is 0.943 bits per heavy atom. The zero-order valence-electron chi connectivity index (χ0n) is 19.0. The van der Waals surface area contributed by atoms with Gasteiger partial charge >= 0.3 is 0 Å². The van der Waals surface area contributed by atoms with Crippen molar-refractivity contribution in [1.82, 2.24) is 5.32 Å². The molecule has 9 heteroatoms. The number of sulfonamides is 1. The van der Waals surface area contributed by atoms with Gasteiger partial charge < -0.3 is 10.1 Å². The fourth-order valence-electron chi connectivity index (χ4n) is 4.28. The van der Waals surface area contributed by atoms with Crippen LogP contribution in [-0.4, -0.2) is 40.6 Å². The van der Waals surface area contributed by atoms with Gasteiger partial charge in [-0.2, -0.15) is 0 Å². The molecule has 3 aromatic carbocycles. The average molecular weight is 533 g/mol. The van der Waals surface area contributed by atoms with E-state index in [9.17, 15) is 13.2 Å². The monoisotopic (exact) mass is 532 g/mol. The van der Waals surface area contributed by atoms with Gasteiger partial charge in [-0.05, 0) is 48.7 Å². The molecule has 35 heavy (non-hydrogen) atoms. The standard InChI is InChI=1S/C26H26Cl2N2O4S/c27-21-11-12-24(23(28)17-21)30(35(32,33)22-9-5-2-6-10-22)18-25(31)29-19-26(13-15-34-16-14-26)20-7-3-1-4-8-20/h1-12,17H,13-16,18-19H2,(H,29,31). The van der Waals surface area contributed by atoms with E-state index in [1.807, 2.05) is 18.2 Å². The van der Waals surface area contributed by atoms with E-state index < -0.39 is 22.5 Å². The van der Waals surface area contributed by atoms with E-state index in [1.54, 1.807) is 24.3 Å². The summed E-state index contributed by atoms with van der Waals surface area (Å²) in [5.74, 6) is -0.433. The summed E-state index contributed by atoms with van der Waals surface area (Å²) in [4.78, 5) is 13.2. The molecule has 0 atom stereocenters. The Morgan fingerprint density at radius 3 is 2.20 bits per heavy atom. The molecule has 184 valence electrons. The van der Waals surface area contributed by atoms with E-state index in [-0.39, 0.29) is 21.0 Å². The molecule has 1 saturated heterocycles. The number of rotatable bonds is 8. The second kappa shape index (κ2) is 11.0. The molecule has 1 aliphatic rings. The van der Waals surface area contributed by atoms with Gasteiger partial charge in [-0.15, -0.1) is 0 Å². The molecule has 1 aliphatic heterocycles. The minimum atomic E-state index is -4.07. The third kappa shape index (κ3) is 5.81. The van der Waals surface area contributed by atoms with Crippen molar-refractivity contribution in [3.8, 4) is 0 Å². The Labute approximate surface area is 215 Å². The summed E-state index contributed by atoms with van der Waals surface area (Å²) in [7, 11) is -4.07. The number of hydrogen-bond donors (Lipinski definition) is 1. The first-order chi connectivity index (χ1) is 16.8. The average Bonchev–Trinajstić information content (AvgIpc) is 2.88. The SMILES string of the molecule is O=C(CN(c1ccc(Cl)cc1Cl)S(=O)(=O)c1ccccc1)NCC1(c2ccccc2)CCOCC1. The van der Waals surface area contributed by atoms with Crippen molar-refractivity contribution in [2.24, 2.45) is 0 Å². The summed E-state index contributed by atoms with van der Waals surface area (Å²) in [6.07, 6.45) is 1.51. The molecule has 0 aromatic heterocycles. The molecule has 0 aliphatic carbocycles. The number of carbonyl (C=O) groups is 1. The Hall–Kier alpha value is -2.58. The summed E-state index contributed by atoms with van der Waals surface area (Å²) >= 11 is 12.4. The zero-order valence-corrected chi connectivity index (χ0v) is 21.3. The first-order valence-corrected chi connectivity index (χ1v) is 13.4. The lowest BCUT2D eigenvalue weighted by Gasteiger charge is -2.38. The van der Waals surface area contributed by atoms with E-state index in [0.29, 0.717) is 24.8 Å². The van der Waals surface area contributed by atoms with Crippen LogP contribution in [0.3, 0.4) is 0 Å². The number of carbonyl (C=O) groups excluding carboxylic acids is 1. The van der Waals surface area contributed by atoms with E-state index >= 15 is 0 Å². The first-order valence-electron chi connectivity index (χ1n) is 11.2. The number of nitrogens with one attached hydrogen (secondary N) is 1. The molecule has 0 bridgehead atoms. The molecule has 0 radical (unpaired) electrons. The highest BCUT2D eigenvalue weighted by molar-refractivity contribution is 7.92. The molecule has 6 nitrogen and oxygen atoms in total. The maximum absolute atomic E-state index is 13.5. The Balaban J connectivity index is 1.60. The van der Waals surface area contributed by atoms with E-state index in [0.717, 1.165) is 22.7 Å². The van der Waals surface area contributed by atoms with Gasteiger partial charge in [0.1, 0.15) is 6.54 Å². The molecule has 3 aromatic rings. The molecule has 1 amide bonds. The van der Waals surface area contributed by atoms with Crippen LogP contribution in [0.1, 0.15) is 18.4 Å². The molecule has 0 saturated carbocycles. The molecular weight excluding hydrogens is 507 g/mol. The second-order valence-corrected chi connectivity index (χ2v) is 11.2. The van der Waals surface area contributed by atoms with E-state index in [4.69, 9.17) is 27.9 Å². The highest BCUT2D eigenvalue weighted by atomic mass is 35.5. The van der Waals surface area contributed by atoms with Gasteiger partial charge in [0.05, 0.1) is 15.6 Å². The number of halogens is 2. The van der Waals surface area contributed by atoms with Crippen LogP contribution in [0.15, 0.2) is 83.8 Å². The number of hydrogen-bond acceptors (Lipinski definition) is 4. The predicted octanol–water partition coefficient (Wildman–Crippen LogP) is 5.05. The topological polar surface area (TPSA) is 75.7 Å². The smallest absolute Gasteiger partial charge is 0.264 e. The maximum atomic E-state index is 13.5. The third-order valence-corrected chi connectivity index (χ3v) is 8.57. The van der Waals surface area contributed by atoms with Gasteiger partial charge in [-0.1, -0.05) is 71.7 Å². The van der Waals surface area contributed by atoms with E-state index in [1.165, 1.54) is 24.3 Å². The van der Waals surface area contributed by atoms with Crippen LogP contribution in [0.25, 0.3) is 0 Å². The van der Waals surface area contributed by atoms with E-state index in [2.05, 4.69) is 17.4 Å². The number of nitrogens with zero attached hydrogens (tertiary/aromatic N) is 1. The van der Waals surface area contributed by atoms with Crippen molar-refractivity contribution < 1.29 is 17.9 Å². The quantitative estimate of drug-likeness (QED) is 0.440. The molecule has 1 fully saturated rings. The van der Waals surface area contributed by atoms with Crippen LogP contribution >= 0.6 is 23.2 Å². The molecule has 1 heterocycles. The van der Waals surface area contributed by atoms with Crippen LogP contribution in [-0.2, 0) is 25.0 Å². The summed E-state index contributed by atoms with van der Waals surface area (Å²) in [6, 6.07) is 22.5. The van der Waals surface area contributed by atoms with Crippen molar-refractivity contribution in [3.05, 3.63) is 94.5 Å². The number of ether oxygens (including phenoxy) is 1. The molecule has 0 unspecified atom stereocenters. The van der Waals surface area contributed by atoms with Crippen molar-refractivity contribution >= 4 is 44.8 Å². The molecule has 1 N–H and O–H groups in total. The lowest BCUT2D eigenvalue weighted by atomic mass is 9.74. The highest BCUT2D eigenvalue weighted by Crippen LogP contribution is 2.35. The largest absolute Gasteiger partial charge is 0.381 e. The van der Waals surface area contributed by atoms with Crippen LogP contribution in [0.5, 0.6) is 0 Å². The fraction of sp³-hybridized carbons (Fsp3) is 0.269. The number of anilines is 1. The first kappa shape index (κ1) is 25.5. The summed E-state index contributed by atoms with van der Waals surface area (Å²) in [5, 5.41) is 3.48. The van der Waals surface area contributed by atoms with Gasteiger partial charge in [0.15, 0.2) is 0 Å². The minimum Gasteiger partial charge on any atom is -0.381 e. The summed E-state index contributed by atoms with van der Waals surface area (Å²) in [5.41, 5.74) is 1.02. The molecule has 4 rings (SSSR count). The van der Waals surface area contributed by atoms with Crippen molar-refractivity contribution in [2.45, 2.75) is 23.2 Å². The van der Waals surface area contributed by atoms with Crippen molar-refractivity contribution in [2.75, 3.05) is 30.6 Å². The van der Waals surface area contributed by atoms with Gasteiger partial charge in [0.25, 0.3) is 10.0 Å². The fourth-order valence-corrected chi connectivity index (χ4v) is 6.30.